The lowest BCUT2D eigenvalue weighted by Crippen LogP contribution is -2.28. The van der Waals surface area contributed by atoms with Crippen molar-refractivity contribution in [1.29, 1.82) is 0 Å². The number of amides is 1. The molecule has 1 fully saturated rings. The molecule has 14 heavy (non-hydrogen) atoms. The fraction of sp³-hybridized carbons (Fsp3) is 0.909. The Morgan fingerprint density at radius 3 is 2.64 bits per heavy atom. The van der Waals surface area contributed by atoms with Crippen molar-refractivity contribution in [3.05, 3.63) is 0 Å². The van der Waals surface area contributed by atoms with Crippen LogP contribution in [0.4, 0.5) is 0 Å². The lowest BCUT2D eigenvalue weighted by molar-refractivity contribution is -0.130. The van der Waals surface area contributed by atoms with E-state index in [9.17, 15) is 4.79 Å². The van der Waals surface area contributed by atoms with E-state index in [2.05, 4.69) is 22.9 Å². The van der Waals surface area contributed by atoms with Gasteiger partial charge in [-0.15, -0.1) is 0 Å². The molecule has 1 aliphatic carbocycles. The number of halogens is 1. The van der Waals surface area contributed by atoms with Crippen molar-refractivity contribution in [2.75, 3.05) is 18.9 Å². The van der Waals surface area contributed by atoms with Crippen molar-refractivity contribution in [1.82, 2.24) is 4.90 Å². The van der Waals surface area contributed by atoms with E-state index in [0.29, 0.717) is 12.3 Å². The van der Waals surface area contributed by atoms with Crippen molar-refractivity contribution in [2.45, 2.75) is 32.6 Å². The van der Waals surface area contributed by atoms with E-state index < -0.39 is 0 Å². The summed E-state index contributed by atoms with van der Waals surface area (Å²) in [6, 6.07) is 0. The van der Waals surface area contributed by atoms with Gasteiger partial charge in [0.1, 0.15) is 0 Å². The summed E-state index contributed by atoms with van der Waals surface area (Å²) in [6.45, 7) is 3.22. The number of rotatable bonds is 6. The third-order valence-electron chi connectivity index (χ3n) is 2.98. The molecule has 0 aromatic rings. The first-order valence-corrected chi connectivity index (χ1v) is 6.57. The molecule has 1 rings (SSSR count). The van der Waals surface area contributed by atoms with E-state index in [1.165, 1.54) is 6.42 Å². The van der Waals surface area contributed by atoms with Gasteiger partial charge in [0, 0.05) is 25.3 Å². The second-order valence-electron chi connectivity index (χ2n) is 4.39. The monoisotopic (exact) mass is 261 g/mol. The quantitative estimate of drug-likeness (QED) is 0.532. The predicted molar refractivity (Wildman–Crippen MR) is 62.6 cm³/mol. The number of hydrogen-bond acceptors (Lipinski definition) is 1. The normalized spacial score (nSPS) is 24.8. The first-order chi connectivity index (χ1) is 6.65. The molecule has 82 valence electrons. The molecule has 0 aromatic carbocycles. The Morgan fingerprint density at radius 2 is 2.14 bits per heavy atom. The Hall–Kier alpha value is -0.0500. The lowest BCUT2D eigenvalue weighted by atomic mass is 10.2. The van der Waals surface area contributed by atoms with Crippen LogP contribution in [0.1, 0.15) is 32.6 Å². The van der Waals surface area contributed by atoms with Gasteiger partial charge in [-0.05, 0) is 31.1 Å². The number of unbranched alkanes of at least 4 members (excludes halogenated alkanes) is 1. The van der Waals surface area contributed by atoms with Crippen molar-refractivity contribution >= 4 is 21.8 Å². The van der Waals surface area contributed by atoms with E-state index in [-0.39, 0.29) is 0 Å². The molecule has 1 saturated carbocycles. The zero-order valence-electron chi connectivity index (χ0n) is 9.13. The fourth-order valence-electron chi connectivity index (χ4n) is 1.67. The Bertz CT molecular complexity index is 196. The molecule has 0 N–H and O–H groups in total. The summed E-state index contributed by atoms with van der Waals surface area (Å²) >= 11 is 3.37. The van der Waals surface area contributed by atoms with Crippen LogP contribution in [-0.4, -0.2) is 29.7 Å². The van der Waals surface area contributed by atoms with Crippen LogP contribution in [0.3, 0.4) is 0 Å². The molecule has 2 unspecified atom stereocenters. The zero-order chi connectivity index (χ0) is 10.6. The van der Waals surface area contributed by atoms with Crippen molar-refractivity contribution in [3.63, 3.8) is 0 Å². The highest BCUT2D eigenvalue weighted by Gasteiger charge is 2.33. The third-order valence-corrected chi connectivity index (χ3v) is 3.55. The second kappa shape index (κ2) is 5.74. The summed E-state index contributed by atoms with van der Waals surface area (Å²) in [7, 11) is 1.93. The molecular weight excluding hydrogens is 242 g/mol. The van der Waals surface area contributed by atoms with Crippen molar-refractivity contribution < 1.29 is 4.79 Å². The maximum Gasteiger partial charge on any atom is 0.222 e. The summed E-state index contributed by atoms with van der Waals surface area (Å²) in [5, 5.41) is 1.00. The van der Waals surface area contributed by atoms with E-state index in [0.717, 1.165) is 36.6 Å². The maximum atomic E-state index is 11.6. The van der Waals surface area contributed by atoms with Gasteiger partial charge in [-0.3, -0.25) is 4.79 Å². The summed E-state index contributed by atoms with van der Waals surface area (Å²) in [6.07, 6.45) is 4.12. The van der Waals surface area contributed by atoms with Gasteiger partial charge in [-0.2, -0.15) is 0 Å². The Morgan fingerprint density at radius 1 is 1.50 bits per heavy atom. The minimum atomic E-state index is 0.310. The molecule has 1 aliphatic rings. The average Bonchev–Trinajstić information content (AvgIpc) is 2.82. The van der Waals surface area contributed by atoms with Gasteiger partial charge in [-0.25, -0.2) is 0 Å². The van der Waals surface area contributed by atoms with Crippen LogP contribution in [0.15, 0.2) is 0 Å². The van der Waals surface area contributed by atoms with Gasteiger partial charge >= 0.3 is 0 Å². The first kappa shape index (κ1) is 12.0. The Kier molecular flexibility index (Phi) is 4.93. The largest absolute Gasteiger partial charge is 0.345 e. The van der Waals surface area contributed by atoms with Crippen LogP contribution in [0, 0.1) is 11.8 Å². The van der Waals surface area contributed by atoms with Gasteiger partial charge in [0.25, 0.3) is 0 Å². The van der Waals surface area contributed by atoms with E-state index in [1.807, 2.05) is 11.9 Å². The van der Waals surface area contributed by atoms with Crippen LogP contribution in [0.2, 0.25) is 0 Å². The molecular formula is C11H20BrNO. The highest BCUT2D eigenvalue weighted by molar-refractivity contribution is 9.09. The molecule has 0 aliphatic heterocycles. The maximum absolute atomic E-state index is 11.6. The number of nitrogens with zero attached hydrogens (tertiary/aromatic N) is 1. The highest BCUT2D eigenvalue weighted by Crippen LogP contribution is 2.37. The van der Waals surface area contributed by atoms with Crippen LogP contribution in [0.25, 0.3) is 0 Å². The lowest BCUT2D eigenvalue weighted by Gasteiger charge is -2.16. The second-order valence-corrected chi connectivity index (χ2v) is 5.19. The van der Waals surface area contributed by atoms with Gasteiger partial charge in [-0.1, -0.05) is 22.9 Å². The first-order valence-electron chi connectivity index (χ1n) is 5.45. The molecule has 0 radical (unpaired) electrons. The molecule has 0 aromatic heterocycles. The number of carbonyl (C=O) groups excluding carboxylic acids is 1. The van der Waals surface area contributed by atoms with Crippen molar-refractivity contribution in [2.24, 2.45) is 11.8 Å². The molecule has 0 spiro atoms. The fourth-order valence-corrected chi connectivity index (χ4v) is 2.07. The minimum absolute atomic E-state index is 0.310. The van der Waals surface area contributed by atoms with Crippen LogP contribution >= 0.6 is 15.9 Å². The van der Waals surface area contributed by atoms with E-state index >= 15 is 0 Å². The highest BCUT2D eigenvalue weighted by atomic mass is 79.9. The van der Waals surface area contributed by atoms with Crippen LogP contribution in [-0.2, 0) is 4.79 Å². The molecule has 0 saturated heterocycles. The van der Waals surface area contributed by atoms with Gasteiger partial charge in [0.15, 0.2) is 0 Å². The van der Waals surface area contributed by atoms with Gasteiger partial charge in [0.2, 0.25) is 5.91 Å². The standard InChI is InChI=1S/C11H20BrNO/c1-9-7-10(9)8-13(2)11(14)5-3-4-6-12/h9-10H,3-8H2,1-2H3. The molecule has 1 amide bonds. The topological polar surface area (TPSA) is 20.3 Å². The third kappa shape index (κ3) is 3.99. The molecule has 2 nitrogen and oxygen atoms in total. The van der Waals surface area contributed by atoms with Gasteiger partial charge < -0.3 is 4.90 Å². The molecule has 0 bridgehead atoms. The Balaban J connectivity index is 2.09. The van der Waals surface area contributed by atoms with Gasteiger partial charge in [0.05, 0.1) is 0 Å². The number of carbonyl (C=O) groups is 1. The van der Waals surface area contributed by atoms with E-state index in [4.69, 9.17) is 0 Å². The number of alkyl halides is 1. The predicted octanol–water partition coefficient (Wildman–Crippen LogP) is 2.67. The summed E-state index contributed by atoms with van der Waals surface area (Å²) in [4.78, 5) is 13.5. The van der Waals surface area contributed by atoms with Crippen molar-refractivity contribution in [3.8, 4) is 0 Å². The zero-order valence-corrected chi connectivity index (χ0v) is 10.7. The summed E-state index contributed by atoms with van der Waals surface area (Å²) in [5.41, 5.74) is 0. The Labute approximate surface area is 95.2 Å². The average molecular weight is 262 g/mol. The van der Waals surface area contributed by atoms with Crippen LogP contribution < -0.4 is 0 Å². The summed E-state index contributed by atoms with van der Waals surface area (Å²) in [5.74, 6) is 1.93. The minimum Gasteiger partial charge on any atom is -0.345 e. The summed E-state index contributed by atoms with van der Waals surface area (Å²) < 4.78 is 0. The smallest absolute Gasteiger partial charge is 0.222 e. The SMILES string of the molecule is CC1CC1CN(C)C(=O)CCCCBr. The number of hydrogen-bond donors (Lipinski definition) is 0. The molecule has 2 atom stereocenters. The van der Waals surface area contributed by atoms with Crippen LogP contribution in [0.5, 0.6) is 0 Å². The molecule has 0 heterocycles. The molecule has 3 heteroatoms. The van der Waals surface area contributed by atoms with E-state index in [1.54, 1.807) is 0 Å².